The number of anilines is 1. The van der Waals surface area contributed by atoms with Crippen LogP contribution in [0.3, 0.4) is 0 Å². The van der Waals surface area contributed by atoms with E-state index in [1.165, 1.54) is 17.4 Å². The SMILES string of the molecule is Cc1ccc(NC(=O)CCNC(=O)c2cccs2)cc1[N+](=O)[O-]. The van der Waals surface area contributed by atoms with Gasteiger partial charge in [-0.3, -0.25) is 19.7 Å². The van der Waals surface area contributed by atoms with E-state index in [1.807, 2.05) is 0 Å². The van der Waals surface area contributed by atoms with E-state index >= 15 is 0 Å². The first kappa shape index (κ1) is 16.6. The number of carbonyl (C=O) groups excluding carboxylic acids is 2. The molecule has 8 heteroatoms. The van der Waals surface area contributed by atoms with Crippen LogP contribution < -0.4 is 10.6 Å². The Hall–Kier alpha value is -2.74. The second kappa shape index (κ2) is 7.50. The van der Waals surface area contributed by atoms with Gasteiger partial charge < -0.3 is 10.6 Å². The number of hydrogen-bond donors (Lipinski definition) is 2. The van der Waals surface area contributed by atoms with Crippen molar-refractivity contribution in [2.75, 3.05) is 11.9 Å². The minimum atomic E-state index is -0.494. The predicted octanol–water partition coefficient (Wildman–Crippen LogP) is 2.72. The standard InChI is InChI=1S/C15H15N3O4S/c1-10-4-5-11(9-12(10)18(21)22)17-14(19)6-7-16-15(20)13-3-2-8-23-13/h2-5,8-9H,6-7H2,1H3,(H,16,20)(H,17,19). The Bertz CT molecular complexity index is 728. The van der Waals surface area contributed by atoms with Crippen molar-refractivity contribution < 1.29 is 14.5 Å². The van der Waals surface area contributed by atoms with Gasteiger partial charge in [0.2, 0.25) is 5.91 Å². The lowest BCUT2D eigenvalue weighted by molar-refractivity contribution is -0.385. The molecule has 0 aliphatic rings. The second-order valence-electron chi connectivity index (χ2n) is 4.79. The first-order chi connectivity index (χ1) is 11.0. The molecular weight excluding hydrogens is 318 g/mol. The number of nitro benzene ring substituents is 1. The largest absolute Gasteiger partial charge is 0.351 e. The van der Waals surface area contributed by atoms with E-state index in [-0.39, 0.29) is 30.5 Å². The monoisotopic (exact) mass is 333 g/mol. The lowest BCUT2D eigenvalue weighted by Gasteiger charge is -2.07. The molecule has 0 aliphatic carbocycles. The second-order valence-corrected chi connectivity index (χ2v) is 5.74. The fourth-order valence-electron chi connectivity index (χ4n) is 1.89. The summed E-state index contributed by atoms with van der Waals surface area (Å²) in [7, 11) is 0. The number of nitrogens with one attached hydrogen (secondary N) is 2. The zero-order valence-corrected chi connectivity index (χ0v) is 13.2. The Morgan fingerprint density at radius 2 is 2.09 bits per heavy atom. The Labute approximate surface area is 136 Å². The van der Waals surface area contributed by atoms with Crippen LogP contribution in [0.15, 0.2) is 35.7 Å². The number of nitrogens with zero attached hydrogens (tertiary/aromatic N) is 1. The van der Waals surface area contributed by atoms with Crippen molar-refractivity contribution in [3.63, 3.8) is 0 Å². The summed E-state index contributed by atoms with van der Waals surface area (Å²) < 4.78 is 0. The van der Waals surface area contributed by atoms with E-state index in [0.717, 1.165) is 0 Å². The third-order valence-electron chi connectivity index (χ3n) is 3.07. The van der Waals surface area contributed by atoms with E-state index in [1.54, 1.807) is 36.6 Å². The molecule has 2 amide bonds. The number of aryl methyl sites for hydroxylation is 1. The van der Waals surface area contributed by atoms with Crippen molar-refractivity contribution in [1.82, 2.24) is 5.32 Å². The number of nitro groups is 1. The highest BCUT2D eigenvalue weighted by atomic mass is 32.1. The molecule has 1 aromatic carbocycles. The summed E-state index contributed by atoms with van der Waals surface area (Å²) in [5.74, 6) is -0.548. The zero-order valence-electron chi connectivity index (χ0n) is 12.4. The van der Waals surface area contributed by atoms with Crippen molar-refractivity contribution in [2.24, 2.45) is 0 Å². The molecule has 0 saturated carbocycles. The Morgan fingerprint density at radius 3 is 2.74 bits per heavy atom. The molecule has 23 heavy (non-hydrogen) atoms. The van der Waals surface area contributed by atoms with Crippen LogP contribution >= 0.6 is 11.3 Å². The van der Waals surface area contributed by atoms with Crippen LogP contribution in [0.25, 0.3) is 0 Å². The van der Waals surface area contributed by atoms with E-state index in [2.05, 4.69) is 10.6 Å². The number of thiophene rings is 1. The van der Waals surface area contributed by atoms with Crippen LogP contribution in [0.1, 0.15) is 21.7 Å². The van der Waals surface area contributed by atoms with Crippen LogP contribution in [-0.4, -0.2) is 23.3 Å². The van der Waals surface area contributed by atoms with Gasteiger partial charge in [0.05, 0.1) is 9.80 Å². The molecule has 0 spiro atoms. The van der Waals surface area contributed by atoms with E-state index in [4.69, 9.17) is 0 Å². The van der Waals surface area contributed by atoms with Crippen molar-refractivity contribution in [3.8, 4) is 0 Å². The van der Waals surface area contributed by atoms with Crippen molar-refractivity contribution >= 4 is 34.5 Å². The van der Waals surface area contributed by atoms with Crippen molar-refractivity contribution in [3.05, 3.63) is 56.3 Å². The molecule has 0 radical (unpaired) electrons. The zero-order chi connectivity index (χ0) is 16.8. The highest BCUT2D eigenvalue weighted by Gasteiger charge is 2.12. The molecule has 0 bridgehead atoms. The van der Waals surface area contributed by atoms with E-state index in [0.29, 0.717) is 16.1 Å². The van der Waals surface area contributed by atoms with Crippen molar-refractivity contribution in [1.29, 1.82) is 0 Å². The number of hydrogen-bond acceptors (Lipinski definition) is 5. The summed E-state index contributed by atoms with van der Waals surface area (Å²) in [6.45, 7) is 1.82. The average Bonchev–Trinajstić information content (AvgIpc) is 3.03. The Morgan fingerprint density at radius 1 is 1.30 bits per heavy atom. The summed E-state index contributed by atoms with van der Waals surface area (Å²) in [6, 6.07) is 7.97. The maximum Gasteiger partial charge on any atom is 0.274 e. The van der Waals surface area contributed by atoms with E-state index < -0.39 is 4.92 Å². The molecule has 120 valence electrons. The van der Waals surface area contributed by atoms with E-state index in [9.17, 15) is 19.7 Å². The molecule has 2 aromatic rings. The van der Waals surface area contributed by atoms with Crippen LogP contribution in [0, 0.1) is 17.0 Å². The van der Waals surface area contributed by atoms with Gasteiger partial charge in [-0.05, 0) is 24.4 Å². The Balaban J connectivity index is 1.84. The summed E-state index contributed by atoms with van der Waals surface area (Å²) in [6.07, 6.45) is 0.0821. The van der Waals surface area contributed by atoms with Crippen LogP contribution in [-0.2, 0) is 4.79 Å². The predicted molar refractivity (Wildman–Crippen MR) is 87.7 cm³/mol. The highest BCUT2D eigenvalue weighted by Crippen LogP contribution is 2.22. The summed E-state index contributed by atoms with van der Waals surface area (Å²) >= 11 is 1.32. The fraction of sp³-hybridized carbons (Fsp3) is 0.200. The van der Waals surface area contributed by atoms with Gasteiger partial charge in [-0.1, -0.05) is 12.1 Å². The van der Waals surface area contributed by atoms with Gasteiger partial charge in [-0.2, -0.15) is 0 Å². The molecule has 2 rings (SSSR count). The molecule has 0 unspecified atom stereocenters. The highest BCUT2D eigenvalue weighted by molar-refractivity contribution is 7.12. The third-order valence-corrected chi connectivity index (χ3v) is 3.94. The number of rotatable bonds is 6. The molecule has 2 N–H and O–H groups in total. The summed E-state index contributed by atoms with van der Waals surface area (Å²) in [4.78, 5) is 34.5. The van der Waals surface area contributed by atoms with Gasteiger partial charge in [0.25, 0.3) is 11.6 Å². The normalized spacial score (nSPS) is 10.1. The van der Waals surface area contributed by atoms with Gasteiger partial charge in [-0.15, -0.1) is 11.3 Å². The van der Waals surface area contributed by atoms with Crippen LogP contribution in [0.4, 0.5) is 11.4 Å². The minimum Gasteiger partial charge on any atom is -0.351 e. The molecular formula is C15H15N3O4S. The van der Waals surface area contributed by atoms with Crippen LogP contribution in [0.5, 0.6) is 0 Å². The first-order valence-corrected chi connectivity index (χ1v) is 7.72. The molecule has 0 saturated heterocycles. The maximum atomic E-state index is 11.8. The number of amides is 2. The lowest BCUT2D eigenvalue weighted by atomic mass is 10.2. The number of benzene rings is 1. The first-order valence-electron chi connectivity index (χ1n) is 6.84. The minimum absolute atomic E-state index is 0.0474. The molecule has 7 nitrogen and oxygen atoms in total. The van der Waals surface area contributed by atoms with Gasteiger partial charge in [0.1, 0.15) is 0 Å². The average molecular weight is 333 g/mol. The molecule has 1 aromatic heterocycles. The lowest BCUT2D eigenvalue weighted by Crippen LogP contribution is -2.27. The quantitative estimate of drug-likeness (QED) is 0.627. The van der Waals surface area contributed by atoms with Gasteiger partial charge in [-0.25, -0.2) is 0 Å². The summed E-state index contributed by atoms with van der Waals surface area (Å²) in [5, 5.41) is 17.9. The van der Waals surface area contributed by atoms with Gasteiger partial charge in [0, 0.05) is 30.3 Å². The van der Waals surface area contributed by atoms with Crippen molar-refractivity contribution in [2.45, 2.75) is 13.3 Å². The molecule has 0 atom stereocenters. The number of carbonyl (C=O) groups is 2. The topological polar surface area (TPSA) is 101 Å². The Kier molecular flexibility index (Phi) is 5.42. The van der Waals surface area contributed by atoms with Gasteiger partial charge in [0.15, 0.2) is 0 Å². The summed E-state index contributed by atoms with van der Waals surface area (Å²) in [5.41, 5.74) is 0.835. The van der Waals surface area contributed by atoms with Crippen LogP contribution in [0.2, 0.25) is 0 Å². The molecule has 0 aliphatic heterocycles. The third kappa shape index (κ3) is 4.62. The smallest absolute Gasteiger partial charge is 0.274 e. The molecule has 1 heterocycles. The molecule has 0 fully saturated rings. The van der Waals surface area contributed by atoms with Gasteiger partial charge >= 0.3 is 0 Å². The maximum absolute atomic E-state index is 11.8. The fourth-order valence-corrected chi connectivity index (χ4v) is 2.53.